The van der Waals surface area contributed by atoms with E-state index in [1.807, 2.05) is 66.9 Å². The highest BCUT2D eigenvalue weighted by atomic mass is 32.1. The van der Waals surface area contributed by atoms with Gasteiger partial charge in [0, 0.05) is 11.7 Å². The Morgan fingerprint density at radius 1 is 0.971 bits per heavy atom. The average molecular weight is 476 g/mol. The summed E-state index contributed by atoms with van der Waals surface area (Å²) in [5.41, 5.74) is 2.24. The molecule has 3 aromatic rings. The van der Waals surface area contributed by atoms with Crippen LogP contribution in [0.25, 0.3) is 0 Å². The Bertz CT molecular complexity index is 1130. The van der Waals surface area contributed by atoms with Crippen LogP contribution in [0.5, 0.6) is 0 Å². The molecule has 0 spiro atoms. The van der Waals surface area contributed by atoms with Crippen LogP contribution in [0, 0.1) is 6.92 Å². The average Bonchev–Trinajstić information content (AvgIpc) is 3.56. The molecule has 34 heavy (non-hydrogen) atoms. The number of anilines is 1. The van der Waals surface area contributed by atoms with Crippen LogP contribution >= 0.6 is 11.3 Å². The van der Waals surface area contributed by atoms with Gasteiger partial charge in [-0.2, -0.15) is 0 Å². The number of hydrogen-bond donors (Lipinski definition) is 2. The maximum absolute atomic E-state index is 13.7. The van der Waals surface area contributed by atoms with Gasteiger partial charge in [-0.1, -0.05) is 67.4 Å². The third-order valence-corrected chi connectivity index (χ3v) is 6.98. The second kappa shape index (κ2) is 11.1. The second-order valence-electron chi connectivity index (χ2n) is 8.51. The van der Waals surface area contributed by atoms with Crippen LogP contribution in [0.2, 0.25) is 0 Å². The Morgan fingerprint density at radius 3 is 2.35 bits per heavy atom. The molecule has 0 aliphatic heterocycles. The number of amides is 3. The van der Waals surface area contributed by atoms with Crippen molar-refractivity contribution in [2.24, 2.45) is 0 Å². The van der Waals surface area contributed by atoms with Crippen molar-refractivity contribution in [2.75, 3.05) is 11.4 Å². The summed E-state index contributed by atoms with van der Waals surface area (Å²) in [6.07, 6.45) is 4.08. The van der Waals surface area contributed by atoms with Gasteiger partial charge in [0.15, 0.2) is 0 Å². The predicted octanol–water partition coefficient (Wildman–Crippen LogP) is 4.62. The highest BCUT2D eigenvalue weighted by Crippen LogP contribution is 2.31. The second-order valence-corrected chi connectivity index (χ2v) is 9.46. The molecule has 1 fully saturated rings. The molecular formula is C27H29N3O3S. The topological polar surface area (TPSA) is 78.5 Å². The lowest BCUT2D eigenvalue weighted by Crippen LogP contribution is -2.49. The number of nitrogens with zero attached hydrogens (tertiary/aromatic N) is 1. The van der Waals surface area contributed by atoms with E-state index in [-0.39, 0.29) is 30.3 Å². The van der Waals surface area contributed by atoms with Crippen LogP contribution in [0.15, 0.2) is 72.1 Å². The lowest BCUT2D eigenvalue weighted by atomic mass is 10.0. The smallest absolute Gasteiger partial charge is 0.261 e. The van der Waals surface area contributed by atoms with Gasteiger partial charge in [-0.25, -0.2) is 0 Å². The minimum Gasteiger partial charge on any atom is -0.351 e. The summed E-state index contributed by atoms with van der Waals surface area (Å²) in [7, 11) is 0. The predicted molar refractivity (Wildman–Crippen MR) is 135 cm³/mol. The molecule has 1 aliphatic carbocycles. The summed E-state index contributed by atoms with van der Waals surface area (Å²) >= 11 is 1.31. The van der Waals surface area contributed by atoms with Crippen LogP contribution in [-0.4, -0.2) is 30.3 Å². The normalized spacial score (nSPS) is 14.4. The molecule has 2 aromatic carbocycles. The first kappa shape index (κ1) is 23.7. The number of aryl methyl sites for hydroxylation is 1. The van der Waals surface area contributed by atoms with Crippen molar-refractivity contribution in [2.45, 2.75) is 44.7 Å². The Balaban J connectivity index is 1.67. The van der Waals surface area contributed by atoms with Crippen molar-refractivity contribution in [3.8, 4) is 0 Å². The van der Waals surface area contributed by atoms with Crippen molar-refractivity contribution < 1.29 is 14.4 Å². The zero-order valence-electron chi connectivity index (χ0n) is 19.2. The van der Waals surface area contributed by atoms with Crippen molar-refractivity contribution in [1.82, 2.24) is 10.6 Å². The van der Waals surface area contributed by atoms with Gasteiger partial charge < -0.3 is 10.6 Å². The molecule has 0 radical (unpaired) electrons. The van der Waals surface area contributed by atoms with Crippen LogP contribution in [0.4, 0.5) is 5.69 Å². The molecule has 1 saturated carbocycles. The third kappa shape index (κ3) is 5.54. The van der Waals surface area contributed by atoms with Crippen LogP contribution in [0.1, 0.15) is 52.5 Å². The number of rotatable bonds is 8. The molecule has 3 amide bonds. The fourth-order valence-electron chi connectivity index (χ4n) is 4.39. The quantitative estimate of drug-likeness (QED) is 0.499. The van der Waals surface area contributed by atoms with Gasteiger partial charge in [-0.3, -0.25) is 19.3 Å². The molecule has 7 heteroatoms. The first-order valence-electron chi connectivity index (χ1n) is 11.6. The summed E-state index contributed by atoms with van der Waals surface area (Å²) in [6.45, 7) is 1.70. The molecule has 0 saturated heterocycles. The van der Waals surface area contributed by atoms with E-state index >= 15 is 0 Å². The highest BCUT2D eigenvalue weighted by Gasteiger charge is 2.34. The Hall–Kier alpha value is -3.45. The standard InChI is InChI=1S/C27H29N3O3S/c1-19-10-5-8-15-22(19)30(24(31)18-28-26(32)23-16-9-17-34-23)25(20-11-3-2-4-12-20)27(33)29-21-13-6-7-14-21/h2-5,8-12,15-17,21,25H,6-7,13-14,18H2,1H3,(H,28,32)(H,29,33)/t25-/m1/s1. The Labute approximate surface area is 204 Å². The minimum absolute atomic E-state index is 0.117. The largest absolute Gasteiger partial charge is 0.351 e. The van der Waals surface area contributed by atoms with Gasteiger partial charge in [-0.05, 0) is 48.4 Å². The van der Waals surface area contributed by atoms with Crippen LogP contribution < -0.4 is 15.5 Å². The van der Waals surface area contributed by atoms with E-state index in [0.717, 1.165) is 36.8 Å². The van der Waals surface area contributed by atoms with Gasteiger partial charge in [0.05, 0.1) is 11.4 Å². The molecule has 176 valence electrons. The van der Waals surface area contributed by atoms with Crippen molar-refractivity contribution in [1.29, 1.82) is 0 Å². The van der Waals surface area contributed by atoms with E-state index in [2.05, 4.69) is 10.6 Å². The maximum atomic E-state index is 13.7. The fraction of sp³-hybridized carbons (Fsp3) is 0.296. The molecule has 4 rings (SSSR count). The number of thiophene rings is 1. The molecule has 1 atom stereocenters. The van der Waals surface area contributed by atoms with E-state index in [1.165, 1.54) is 16.2 Å². The number of carbonyl (C=O) groups excluding carboxylic acids is 3. The van der Waals surface area contributed by atoms with E-state index in [4.69, 9.17) is 0 Å². The van der Waals surface area contributed by atoms with Crippen molar-refractivity contribution in [3.63, 3.8) is 0 Å². The van der Waals surface area contributed by atoms with E-state index in [1.54, 1.807) is 12.1 Å². The number of nitrogens with one attached hydrogen (secondary N) is 2. The molecule has 0 unspecified atom stereocenters. The fourth-order valence-corrected chi connectivity index (χ4v) is 5.03. The molecule has 0 bridgehead atoms. The summed E-state index contributed by atoms with van der Waals surface area (Å²) in [6, 6.07) is 19.6. The monoisotopic (exact) mass is 475 g/mol. The van der Waals surface area contributed by atoms with Gasteiger partial charge >= 0.3 is 0 Å². The molecule has 1 heterocycles. The zero-order chi connectivity index (χ0) is 23.9. The van der Waals surface area contributed by atoms with Gasteiger partial charge in [0.1, 0.15) is 6.04 Å². The molecule has 1 aliphatic rings. The maximum Gasteiger partial charge on any atom is 0.261 e. The first-order chi connectivity index (χ1) is 16.5. The lowest BCUT2D eigenvalue weighted by Gasteiger charge is -2.33. The van der Waals surface area contributed by atoms with E-state index < -0.39 is 6.04 Å². The third-order valence-electron chi connectivity index (χ3n) is 6.11. The Morgan fingerprint density at radius 2 is 1.68 bits per heavy atom. The van der Waals surface area contributed by atoms with Crippen molar-refractivity contribution in [3.05, 3.63) is 88.1 Å². The molecule has 6 nitrogen and oxygen atoms in total. The number of benzene rings is 2. The number of carbonyl (C=O) groups is 3. The summed E-state index contributed by atoms with van der Waals surface area (Å²) in [5.74, 6) is -0.867. The summed E-state index contributed by atoms with van der Waals surface area (Å²) in [4.78, 5) is 41.9. The van der Waals surface area contributed by atoms with Crippen LogP contribution in [-0.2, 0) is 9.59 Å². The summed E-state index contributed by atoms with van der Waals surface area (Å²) in [5, 5.41) is 7.71. The minimum atomic E-state index is -0.853. The number of para-hydroxylation sites is 1. The molecule has 1 aromatic heterocycles. The van der Waals surface area contributed by atoms with Gasteiger partial charge in [-0.15, -0.1) is 11.3 Å². The van der Waals surface area contributed by atoms with E-state index in [9.17, 15) is 14.4 Å². The van der Waals surface area contributed by atoms with Gasteiger partial charge in [0.2, 0.25) is 11.8 Å². The van der Waals surface area contributed by atoms with Gasteiger partial charge in [0.25, 0.3) is 5.91 Å². The lowest BCUT2D eigenvalue weighted by molar-refractivity contribution is -0.126. The highest BCUT2D eigenvalue weighted by molar-refractivity contribution is 7.12. The van der Waals surface area contributed by atoms with Crippen LogP contribution in [0.3, 0.4) is 0 Å². The molecular weight excluding hydrogens is 446 g/mol. The Kier molecular flexibility index (Phi) is 7.75. The number of hydrogen-bond acceptors (Lipinski definition) is 4. The zero-order valence-corrected chi connectivity index (χ0v) is 20.0. The summed E-state index contributed by atoms with van der Waals surface area (Å²) < 4.78 is 0. The van der Waals surface area contributed by atoms with E-state index in [0.29, 0.717) is 10.6 Å². The SMILES string of the molecule is Cc1ccccc1N(C(=O)CNC(=O)c1cccs1)[C@@H](C(=O)NC1CCCC1)c1ccccc1. The molecule has 2 N–H and O–H groups in total. The van der Waals surface area contributed by atoms with Crippen molar-refractivity contribution >= 4 is 34.7 Å². The first-order valence-corrected chi connectivity index (χ1v) is 12.5.